The fraction of sp³-hybridized carbons (Fsp3) is 0.462. The molecule has 100 valence electrons. The molecule has 1 atom stereocenters. The lowest BCUT2D eigenvalue weighted by Gasteiger charge is -2.13. The molecule has 0 aromatic heterocycles. The largest absolute Gasteiger partial charge is 0.493 e. The van der Waals surface area contributed by atoms with E-state index in [2.05, 4.69) is 0 Å². The normalized spacial score (nSPS) is 11.9. The van der Waals surface area contributed by atoms with Gasteiger partial charge < -0.3 is 19.3 Å². The van der Waals surface area contributed by atoms with Crippen LogP contribution in [0.3, 0.4) is 0 Å². The van der Waals surface area contributed by atoms with Crippen molar-refractivity contribution in [2.24, 2.45) is 0 Å². The van der Waals surface area contributed by atoms with Crippen LogP contribution in [0.25, 0.3) is 0 Å². The Morgan fingerprint density at radius 1 is 1.33 bits per heavy atom. The van der Waals surface area contributed by atoms with Crippen molar-refractivity contribution < 1.29 is 24.1 Å². The number of carboxylic acid groups (broad SMARTS) is 1. The van der Waals surface area contributed by atoms with Gasteiger partial charge in [-0.25, -0.2) is 4.79 Å². The molecule has 0 aliphatic carbocycles. The lowest BCUT2D eigenvalue weighted by Crippen LogP contribution is -2.11. The third-order valence-electron chi connectivity index (χ3n) is 2.59. The van der Waals surface area contributed by atoms with Crippen molar-refractivity contribution >= 4 is 5.97 Å². The maximum absolute atomic E-state index is 10.9. The van der Waals surface area contributed by atoms with Gasteiger partial charge in [-0.1, -0.05) is 0 Å². The highest BCUT2D eigenvalue weighted by Gasteiger charge is 2.10. The van der Waals surface area contributed by atoms with Crippen molar-refractivity contribution in [2.45, 2.75) is 19.4 Å². The zero-order valence-electron chi connectivity index (χ0n) is 10.8. The summed E-state index contributed by atoms with van der Waals surface area (Å²) in [6.45, 7) is 2.38. The fourth-order valence-corrected chi connectivity index (χ4v) is 1.38. The van der Waals surface area contributed by atoms with E-state index >= 15 is 0 Å². The van der Waals surface area contributed by atoms with Gasteiger partial charge in [0.15, 0.2) is 11.5 Å². The van der Waals surface area contributed by atoms with E-state index in [-0.39, 0.29) is 11.7 Å². The van der Waals surface area contributed by atoms with E-state index in [4.69, 9.17) is 19.3 Å². The molecule has 1 rings (SSSR count). The Morgan fingerprint density at radius 3 is 2.61 bits per heavy atom. The molecule has 0 spiro atoms. The number of ether oxygens (including phenoxy) is 3. The Bertz CT molecular complexity index is 402. The summed E-state index contributed by atoms with van der Waals surface area (Å²) in [5, 5.41) is 8.91. The summed E-state index contributed by atoms with van der Waals surface area (Å²) in [5.74, 6) is -0.0430. The molecule has 5 nitrogen and oxygen atoms in total. The van der Waals surface area contributed by atoms with E-state index in [9.17, 15) is 4.79 Å². The Labute approximate surface area is 106 Å². The maximum atomic E-state index is 10.9. The van der Waals surface area contributed by atoms with Crippen molar-refractivity contribution in [3.8, 4) is 11.5 Å². The van der Waals surface area contributed by atoms with Crippen LogP contribution in [0.2, 0.25) is 0 Å². The summed E-state index contributed by atoms with van der Waals surface area (Å²) in [4.78, 5) is 10.9. The summed E-state index contributed by atoms with van der Waals surface area (Å²) in [6.07, 6.45) is 0.815. The Hall–Kier alpha value is -1.75. The highest BCUT2D eigenvalue weighted by Crippen LogP contribution is 2.28. The Morgan fingerprint density at radius 2 is 2.06 bits per heavy atom. The number of carbonyl (C=O) groups is 1. The number of hydrogen-bond donors (Lipinski definition) is 1. The van der Waals surface area contributed by atoms with E-state index in [0.717, 1.165) is 6.42 Å². The van der Waals surface area contributed by atoms with Crippen molar-refractivity contribution in [3.05, 3.63) is 23.8 Å². The molecule has 1 unspecified atom stereocenters. The average Bonchev–Trinajstić information content (AvgIpc) is 2.38. The number of hydrogen-bond acceptors (Lipinski definition) is 4. The smallest absolute Gasteiger partial charge is 0.335 e. The van der Waals surface area contributed by atoms with Gasteiger partial charge in [-0.2, -0.15) is 0 Å². The first-order chi connectivity index (χ1) is 8.58. The minimum atomic E-state index is -0.993. The zero-order valence-corrected chi connectivity index (χ0v) is 10.8. The highest BCUT2D eigenvalue weighted by atomic mass is 16.5. The van der Waals surface area contributed by atoms with Gasteiger partial charge in [-0.3, -0.25) is 0 Å². The molecular formula is C13H18O5. The van der Waals surface area contributed by atoms with Crippen LogP contribution < -0.4 is 9.47 Å². The Balaban J connectivity index is 2.72. The highest BCUT2D eigenvalue weighted by molar-refractivity contribution is 5.88. The van der Waals surface area contributed by atoms with Gasteiger partial charge in [-0.15, -0.1) is 0 Å². The SMILES string of the molecule is COc1ccc(C(=O)O)cc1OCCC(C)OC. The van der Waals surface area contributed by atoms with Gasteiger partial charge in [0, 0.05) is 13.5 Å². The molecule has 0 bridgehead atoms. The van der Waals surface area contributed by atoms with E-state index in [1.165, 1.54) is 19.2 Å². The molecule has 0 aliphatic heterocycles. The van der Waals surface area contributed by atoms with Gasteiger partial charge in [0.2, 0.25) is 0 Å². The quantitative estimate of drug-likeness (QED) is 0.808. The lowest BCUT2D eigenvalue weighted by atomic mass is 10.2. The number of carboxylic acids is 1. The summed E-state index contributed by atoms with van der Waals surface area (Å²) in [5.41, 5.74) is 0.172. The van der Waals surface area contributed by atoms with Gasteiger partial charge in [0.25, 0.3) is 0 Å². The van der Waals surface area contributed by atoms with Crippen LogP contribution in [0.5, 0.6) is 11.5 Å². The summed E-state index contributed by atoms with van der Waals surface area (Å²) < 4.78 is 15.7. The third-order valence-corrected chi connectivity index (χ3v) is 2.59. The van der Waals surface area contributed by atoms with E-state index in [1.54, 1.807) is 13.2 Å². The molecule has 0 radical (unpaired) electrons. The third kappa shape index (κ3) is 3.92. The standard InChI is InChI=1S/C13H18O5/c1-9(16-2)6-7-18-12-8-10(13(14)15)4-5-11(12)17-3/h4-5,8-9H,6-7H2,1-3H3,(H,14,15). The van der Waals surface area contributed by atoms with E-state index in [0.29, 0.717) is 18.1 Å². The van der Waals surface area contributed by atoms with Crippen LogP contribution >= 0.6 is 0 Å². The number of methoxy groups -OCH3 is 2. The first-order valence-corrected chi connectivity index (χ1v) is 5.65. The molecule has 0 heterocycles. The second kappa shape index (κ2) is 6.86. The number of rotatable bonds is 7. The van der Waals surface area contributed by atoms with Gasteiger partial charge in [-0.05, 0) is 25.1 Å². The molecule has 0 saturated carbocycles. The topological polar surface area (TPSA) is 65.0 Å². The minimum Gasteiger partial charge on any atom is -0.493 e. The average molecular weight is 254 g/mol. The Kier molecular flexibility index (Phi) is 5.45. The molecular weight excluding hydrogens is 236 g/mol. The van der Waals surface area contributed by atoms with Crippen LogP contribution in [0.4, 0.5) is 0 Å². The van der Waals surface area contributed by atoms with Crippen molar-refractivity contribution in [1.82, 2.24) is 0 Å². The van der Waals surface area contributed by atoms with Crippen LogP contribution in [-0.4, -0.2) is 38.0 Å². The maximum Gasteiger partial charge on any atom is 0.335 e. The van der Waals surface area contributed by atoms with Crippen molar-refractivity contribution in [2.75, 3.05) is 20.8 Å². The van der Waals surface area contributed by atoms with E-state index < -0.39 is 5.97 Å². The second-order valence-electron chi connectivity index (χ2n) is 3.85. The van der Waals surface area contributed by atoms with Crippen LogP contribution in [-0.2, 0) is 4.74 Å². The zero-order chi connectivity index (χ0) is 13.5. The van der Waals surface area contributed by atoms with Crippen molar-refractivity contribution in [3.63, 3.8) is 0 Å². The number of aromatic carboxylic acids is 1. The molecule has 0 aliphatic rings. The van der Waals surface area contributed by atoms with Gasteiger partial charge in [0.05, 0.1) is 25.4 Å². The summed E-state index contributed by atoms with van der Waals surface area (Å²) in [6, 6.07) is 4.52. The van der Waals surface area contributed by atoms with Crippen LogP contribution in [0, 0.1) is 0 Å². The minimum absolute atomic E-state index is 0.0960. The lowest BCUT2D eigenvalue weighted by molar-refractivity contribution is 0.0695. The number of benzene rings is 1. The molecule has 18 heavy (non-hydrogen) atoms. The first-order valence-electron chi connectivity index (χ1n) is 5.65. The molecule has 1 aromatic rings. The predicted octanol–water partition coefficient (Wildman–Crippen LogP) is 2.20. The summed E-state index contributed by atoms with van der Waals surface area (Å²) in [7, 11) is 3.15. The summed E-state index contributed by atoms with van der Waals surface area (Å²) >= 11 is 0. The van der Waals surface area contributed by atoms with Crippen LogP contribution in [0.1, 0.15) is 23.7 Å². The monoisotopic (exact) mass is 254 g/mol. The van der Waals surface area contributed by atoms with E-state index in [1.807, 2.05) is 6.92 Å². The first kappa shape index (κ1) is 14.3. The molecule has 1 aromatic carbocycles. The molecule has 5 heteroatoms. The fourth-order valence-electron chi connectivity index (χ4n) is 1.38. The van der Waals surface area contributed by atoms with Gasteiger partial charge >= 0.3 is 5.97 Å². The molecule has 1 N–H and O–H groups in total. The van der Waals surface area contributed by atoms with Crippen molar-refractivity contribution in [1.29, 1.82) is 0 Å². The van der Waals surface area contributed by atoms with Gasteiger partial charge in [0.1, 0.15) is 0 Å². The molecule has 0 fully saturated rings. The molecule has 0 amide bonds. The predicted molar refractivity (Wildman–Crippen MR) is 66.5 cm³/mol. The van der Waals surface area contributed by atoms with Crippen LogP contribution in [0.15, 0.2) is 18.2 Å². The second-order valence-corrected chi connectivity index (χ2v) is 3.85. The molecule has 0 saturated heterocycles.